The third kappa shape index (κ3) is 8.23. The minimum atomic E-state index is -2.89. The van der Waals surface area contributed by atoms with E-state index in [9.17, 15) is 8.78 Å². The van der Waals surface area contributed by atoms with Crippen LogP contribution in [0.3, 0.4) is 0 Å². The summed E-state index contributed by atoms with van der Waals surface area (Å²) in [4.78, 5) is 4.24. The summed E-state index contributed by atoms with van der Waals surface area (Å²) in [5.74, 6) is -3.44. The van der Waals surface area contributed by atoms with Crippen molar-refractivity contribution < 1.29 is 13.5 Å². The zero-order valence-corrected chi connectivity index (χ0v) is 20.6. The van der Waals surface area contributed by atoms with Gasteiger partial charge in [-0.15, -0.1) is 0 Å². The molecule has 1 heterocycles. The van der Waals surface area contributed by atoms with Crippen molar-refractivity contribution in [1.29, 1.82) is 0 Å². The molecule has 0 aliphatic carbocycles. The fraction of sp³-hybridized carbons (Fsp3) is 0.500. The molecule has 0 bridgehead atoms. The van der Waals surface area contributed by atoms with E-state index in [0.29, 0.717) is 6.54 Å². The van der Waals surface area contributed by atoms with Crippen LogP contribution in [0.4, 0.5) is 8.78 Å². The second-order valence-electron chi connectivity index (χ2n) is 8.22. The Kier molecular flexibility index (Phi) is 11.3. The highest BCUT2D eigenvalue weighted by atomic mass is 19.3. The van der Waals surface area contributed by atoms with Gasteiger partial charge in [-0.3, -0.25) is 0 Å². The van der Waals surface area contributed by atoms with E-state index in [1.807, 2.05) is 39.2 Å². The van der Waals surface area contributed by atoms with Crippen LogP contribution >= 0.6 is 0 Å². The molecule has 0 aliphatic rings. The van der Waals surface area contributed by atoms with Crippen molar-refractivity contribution in [1.82, 2.24) is 15.6 Å². The monoisotopic (exact) mass is 447 g/mol. The Labute approximate surface area is 192 Å². The summed E-state index contributed by atoms with van der Waals surface area (Å²) in [6.07, 6.45) is 10.8. The maximum atomic E-state index is 13.8. The van der Waals surface area contributed by atoms with Crippen molar-refractivity contribution in [3.8, 4) is 5.88 Å². The molecule has 1 rings (SSSR count). The second-order valence-corrected chi connectivity index (χ2v) is 8.22. The van der Waals surface area contributed by atoms with Gasteiger partial charge in [0.15, 0.2) is 6.61 Å². The quantitative estimate of drug-likeness (QED) is 0.283. The van der Waals surface area contributed by atoms with Crippen LogP contribution in [-0.2, 0) is 6.54 Å². The fourth-order valence-corrected chi connectivity index (χ4v) is 3.05. The van der Waals surface area contributed by atoms with E-state index >= 15 is 0 Å². The van der Waals surface area contributed by atoms with Gasteiger partial charge in [0, 0.05) is 30.4 Å². The highest BCUT2D eigenvalue weighted by Crippen LogP contribution is 2.26. The number of alkyl halides is 2. The Morgan fingerprint density at radius 3 is 2.56 bits per heavy atom. The van der Waals surface area contributed by atoms with E-state index in [-0.39, 0.29) is 11.9 Å². The standard InChI is InChI=1S/C26H39F2N3O/c1-9-11-19(5)21(7)23(24(29-8)12-10-2)16-30-14-22-13-20(6)25(31-15-22)32-17-26(27,28)18(3)4/h10-13,15-16,18,24,29-30H,7,9,14,17H2,1-6,8H3/b12-10-,19-11-,23-16-. The molecule has 1 aromatic heterocycles. The van der Waals surface area contributed by atoms with Gasteiger partial charge in [-0.1, -0.05) is 45.6 Å². The highest BCUT2D eigenvalue weighted by molar-refractivity contribution is 5.47. The van der Waals surface area contributed by atoms with Crippen molar-refractivity contribution in [3.63, 3.8) is 0 Å². The second kappa shape index (κ2) is 13.2. The zero-order chi connectivity index (χ0) is 24.3. The van der Waals surface area contributed by atoms with Crippen molar-refractivity contribution >= 4 is 0 Å². The third-order valence-corrected chi connectivity index (χ3v) is 5.26. The lowest BCUT2D eigenvalue weighted by Gasteiger charge is -2.21. The number of aryl methyl sites for hydroxylation is 1. The van der Waals surface area contributed by atoms with E-state index in [0.717, 1.165) is 34.3 Å². The SMILES string of the molecule is C=C(/C(C)=C\CC)/C(=C/NCc1cnc(OCC(F)(F)C(C)C)c(C)c1)C(/C=C\C)NC. The number of nitrogens with zero attached hydrogens (tertiary/aromatic N) is 1. The van der Waals surface area contributed by atoms with Crippen molar-refractivity contribution in [2.75, 3.05) is 13.7 Å². The average molecular weight is 448 g/mol. The van der Waals surface area contributed by atoms with Gasteiger partial charge in [-0.2, -0.15) is 0 Å². The van der Waals surface area contributed by atoms with E-state index in [4.69, 9.17) is 4.74 Å². The molecule has 0 saturated heterocycles. The maximum Gasteiger partial charge on any atom is 0.283 e. The van der Waals surface area contributed by atoms with Gasteiger partial charge in [-0.05, 0) is 62.6 Å². The van der Waals surface area contributed by atoms with Crippen LogP contribution in [0.25, 0.3) is 0 Å². The predicted octanol–water partition coefficient (Wildman–Crippen LogP) is 6.11. The number of likely N-dealkylation sites (N-methyl/N-ethyl adjacent to an activating group) is 1. The Hall–Kier alpha value is -2.47. The average Bonchev–Trinajstić information content (AvgIpc) is 2.74. The van der Waals surface area contributed by atoms with Crippen molar-refractivity contribution in [3.05, 3.63) is 71.1 Å². The number of hydrogen-bond acceptors (Lipinski definition) is 4. The number of nitrogens with one attached hydrogen (secondary N) is 2. The lowest BCUT2D eigenvalue weighted by molar-refractivity contribution is -0.0798. The summed E-state index contributed by atoms with van der Waals surface area (Å²) in [6.45, 7) is 15.1. The van der Waals surface area contributed by atoms with E-state index in [2.05, 4.69) is 48.2 Å². The molecular formula is C26H39F2N3O. The molecule has 0 aromatic carbocycles. The minimum absolute atomic E-state index is 0.0264. The largest absolute Gasteiger partial charge is 0.471 e. The molecule has 1 atom stereocenters. The number of hydrogen-bond donors (Lipinski definition) is 2. The molecule has 0 aliphatic heterocycles. The summed E-state index contributed by atoms with van der Waals surface area (Å²) in [5, 5.41) is 6.65. The van der Waals surface area contributed by atoms with E-state index in [1.54, 1.807) is 6.20 Å². The smallest absolute Gasteiger partial charge is 0.283 e. The number of ether oxygens (including phenoxy) is 1. The molecule has 32 heavy (non-hydrogen) atoms. The van der Waals surface area contributed by atoms with Crippen molar-refractivity contribution in [2.24, 2.45) is 5.92 Å². The number of halogens is 2. The van der Waals surface area contributed by atoms with Gasteiger partial charge in [0.2, 0.25) is 5.88 Å². The first kappa shape index (κ1) is 27.6. The third-order valence-electron chi connectivity index (χ3n) is 5.26. The fourth-order valence-electron chi connectivity index (χ4n) is 3.05. The van der Waals surface area contributed by atoms with Gasteiger partial charge in [0.1, 0.15) is 0 Å². The van der Waals surface area contributed by atoms with Crippen LogP contribution in [0, 0.1) is 12.8 Å². The molecule has 0 amide bonds. The van der Waals surface area contributed by atoms with Gasteiger partial charge < -0.3 is 15.4 Å². The minimum Gasteiger partial charge on any atom is -0.471 e. The summed E-state index contributed by atoms with van der Waals surface area (Å²) < 4.78 is 32.9. The van der Waals surface area contributed by atoms with Crippen LogP contribution < -0.4 is 15.4 Å². The molecule has 4 nitrogen and oxygen atoms in total. The van der Waals surface area contributed by atoms with Crippen molar-refractivity contribution in [2.45, 2.75) is 66.5 Å². The summed E-state index contributed by atoms with van der Waals surface area (Å²) in [5.41, 5.74) is 4.82. The van der Waals surface area contributed by atoms with Crippen LogP contribution in [0.2, 0.25) is 0 Å². The van der Waals surface area contributed by atoms with Gasteiger partial charge in [-0.25, -0.2) is 13.8 Å². The van der Waals surface area contributed by atoms with Crippen LogP contribution in [0.5, 0.6) is 5.88 Å². The molecule has 2 N–H and O–H groups in total. The summed E-state index contributed by atoms with van der Waals surface area (Å²) in [6, 6.07) is 1.92. The van der Waals surface area contributed by atoms with Gasteiger partial charge >= 0.3 is 0 Å². The first-order valence-electron chi connectivity index (χ1n) is 11.1. The molecular weight excluding hydrogens is 408 g/mol. The molecule has 1 unspecified atom stereocenters. The Bertz CT molecular complexity index is 841. The molecule has 0 saturated carbocycles. The molecule has 178 valence electrons. The lowest BCUT2D eigenvalue weighted by Crippen LogP contribution is -2.31. The Balaban J connectivity index is 2.95. The Morgan fingerprint density at radius 1 is 1.34 bits per heavy atom. The molecule has 0 spiro atoms. The highest BCUT2D eigenvalue weighted by Gasteiger charge is 2.34. The molecule has 0 radical (unpaired) electrons. The molecule has 6 heteroatoms. The van der Waals surface area contributed by atoms with Gasteiger partial charge in [0.25, 0.3) is 5.92 Å². The first-order valence-corrected chi connectivity index (χ1v) is 11.1. The first-order chi connectivity index (χ1) is 15.1. The van der Waals surface area contributed by atoms with Crippen LogP contribution in [-0.4, -0.2) is 30.6 Å². The predicted molar refractivity (Wildman–Crippen MR) is 130 cm³/mol. The molecule has 0 fully saturated rings. The number of pyridine rings is 1. The Morgan fingerprint density at radius 2 is 2.03 bits per heavy atom. The number of allylic oxidation sites excluding steroid dienone is 3. The summed E-state index contributed by atoms with van der Waals surface area (Å²) in [7, 11) is 1.92. The zero-order valence-electron chi connectivity index (χ0n) is 20.6. The van der Waals surface area contributed by atoms with E-state index in [1.165, 1.54) is 13.8 Å². The van der Waals surface area contributed by atoms with Gasteiger partial charge in [0.05, 0.1) is 6.04 Å². The van der Waals surface area contributed by atoms with E-state index < -0.39 is 18.4 Å². The summed E-state index contributed by atoms with van der Waals surface area (Å²) >= 11 is 0. The number of rotatable bonds is 13. The topological polar surface area (TPSA) is 46.2 Å². The number of aromatic nitrogens is 1. The lowest BCUT2D eigenvalue weighted by atomic mass is 9.94. The maximum absolute atomic E-state index is 13.8. The normalized spacial score (nSPS) is 14.2. The van der Waals surface area contributed by atoms with Crippen LogP contribution in [0.15, 0.2) is 60.0 Å². The molecule has 1 aromatic rings. The van der Waals surface area contributed by atoms with Crippen LogP contribution in [0.1, 0.15) is 52.2 Å².